The molecule has 1 unspecified atom stereocenters. The largest absolute Gasteiger partial charge is 0.397 e. The number of thiophene rings is 1. The van der Waals surface area contributed by atoms with Crippen LogP contribution in [0.25, 0.3) is 0 Å². The first-order valence-electron chi connectivity index (χ1n) is 7.93. The molecule has 1 heterocycles. The van der Waals surface area contributed by atoms with Crippen molar-refractivity contribution in [3.8, 4) is 0 Å². The van der Waals surface area contributed by atoms with Gasteiger partial charge in [-0.25, -0.2) is 0 Å². The summed E-state index contributed by atoms with van der Waals surface area (Å²) in [5, 5.41) is 4.46. The van der Waals surface area contributed by atoms with Gasteiger partial charge in [0.1, 0.15) is 0 Å². The lowest BCUT2D eigenvalue weighted by Crippen LogP contribution is -2.25. The predicted octanol–water partition coefficient (Wildman–Crippen LogP) is 3.85. The Hall–Kier alpha value is -1.07. The number of nitrogens with zero attached hydrogens (tertiary/aromatic N) is 1. The van der Waals surface area contributed by atoms with E-state index in [9.17, 15) is 4.79 Å². The van der Waals surface area contributed by atoms with E-state index in [0.717, 1.165) is 31.1 Å². The van der Waals surface area contributed by atoms with E-state index in [2.05, 4.69) is 31.0 Å². The lowest BCUT2D eigenvalue weighted by atomic mass is 10.2. The van der Waals surface area contributed by atoms with Crippen LogP contribution < -0.4 is 11.1 Å². The zero-order valence-electron chi connectivity index (χ0n) is 13.7. The van der Waals surface area contributed by atoms with Crippen molar-refractivity contribution < 1.29 is 4.79 Å². The minimum Gasteiger partial charge on any atom is -0.397 e. The monoisotopic (exact) mass is 311 g/mol. The molecule has 1 aromatic heterocycles. The summed E-state index contributed by atoms with van der Waals surface area (Å²) in [6.07, 6.45) is 2.80. The van der Waals surface area contributed by atoms with E-state index >= 15 is 0 Å². The molecule has 0 saturated heterocycles. The summed E-state index contributed by atoms with van der Waals surface area (Å²) in [5.74, 6) is 0.125. The van der Waals surface area contributed by atoms with Gasteiger partial charge in [0.15, 0.2) is 5.78 Å². The first-order valence-corrected chi connectivity index (χ1v) is 8.74. The number of hydrogen-bond donors (Lipinski definition) is 2. The molecule has 3 N–H and O–H groups in total. The summed E-state index contributed by atoms with van der Waals surface area (Å²) < 4.78 is 0. The van der Waals surface area contributed by atoms with E-state index in [1.165, 1.54) is 17.8 Å². The first kappa shape index (κ1) is 18.0. The van der Waals surface area contributed by atoms with Crippen molar-refractivity contribution in [2.75, 3.05) is 30.7 Å². The molecule has 5 heteroatoms. The molecule has 1 atom stereocenters. The van der Waals surface area contributed by atoms with Crippen LogP contribution in [0, 0.1) is 0 Å². The Morgan fingerprint density at radius 1 is 1.38 bits per heavy atom. The molecule has 120 valence electrons. The number of ketones is 1. The Morgan fingerprint density at radius 2 is 2.05 bits per heavy atom. The van der Waals surface area contributed by atoms with Gasteiger partial charge in [-0.2, -0.15) is 0 Å². The van der Waals surface area contributed by atoms with Crippen molar-refractivity contribution in [2.24, 2.45) is 0 Å². The molecule has 0 radical (unpaired) electrons. The van der Waals surface area contributed by atoms with Gasteiger partial charge in [-0.1, -0.05) is 20.8 Å². The Morgan fingerprint density at radius 3 is 2.62 bits per heavy atom. The van der Waals surface area contributed by atoms with Crippen LogP contribution in [0.4, 0.5) is 10.7 Å². The number of rotatable bonds is 10. The third kappa shape index (κ3) is 5.67. The van der Waals surface area contributed by atoms with E-state index in [1.807, 2.05) is 13.0 Å². The summed E-state index contributed by atoms with van der Waals surface area (Å²) in [7, 11) is 0. The van der Waals surface area contributed by atoms with Crippen LogP contribution in [0.5, 0.6) is 0 Å². The number of anilines is 2. The number of nitrogens with one attached hydrogen (secondary N) is 1. The zero-order chi connectivity index (χ0) is 15.8. The van der Waals surface area contributed by atoms with Crippen LogP contribution in [0.15, 0.2) is 6.07 Å². The maximum atomic E-state index is 11.7. The highest BCUT2D eigenvalue weighted by Gasteiger charge is 2.14. The van der Waals surface area contributed by atoms with E-state index in [0.29, 0.717) is 23.0 Å². The number of carbonyl (C=O) groups excluding carboxylic acids is 1. The van der Waals surface area contributed by atoms with E-state index in [-0.39, 0.29) is 5.78 Å². The third-order valence-electron chi connectivity index (χ3n) is 3.73. The third-order valence-corrected chi connectivity index (χ3v) is 4.85. The van der Waals surface area contributed by atoms with Crippen molar-refractivity contribution in [2.45, 2.75) is 53.0 Å². The number of hydrogen-bond acceptors (Lipinski definition) is 5. The summed E-state index contributed by atoms with van der Waals surface area (Å²) >= 11 is 1.47. The fourth-order valence-corrected chi connectivity index (χ4v) is 3.43. The van der Waals surface area contributed by atoms with Crippen molar-refractivity contribution >= 4 is 27.8 Å². The van der Waals surface area contributed by atoms with Gasteiger partial charge in [0.05, 0.1) is 15.6 Å². The lowest BCUT2D eigenvalue weighted by molar-refractivity contribution is 0.0993. The molecule has 0 aliphatic heterocycles. The molecule has 0 saturated carbocycles. The van der Waals surface area contributed by atoms with E-state index < -0.39 is 0 Å². The predicted molar refractivity (Wildman–Crippen MR) is 93.5 cm³/mol. The van der Waals surface area contributed by atoms with Crippen LogP contribution in [-0.2, 0) is 0 Å². The highest BCUT2D eigenvalue weighted by atomic mass is 32.1. The Bertz CT molecular complexity index is 441. The minimum absolute atomic E-state index is 0.125. The molecule has 0 amide bonds. The van der Waals surface area contributed by atoms with Gasteiger partial charge in [0.2, 0.25) is 0 Å². The molecule has 0 spiro atoms. The zero-order valence-corrected chi connectivity index (χ0v) is 14.6. The molecule has 1 rings (SSSR count). The molecule has 4 nitrogen and oxygen atoms in total. The number of carbonyl (C=O) groups is 1. The van der Waals surface area contributed by atoms with Gasteiger partial charge in [-0.05, 0) is 45.5 Å². The summed E-state index contributed by atoms with van der Waals surface area (Å²) in [5.41, 5.74) is 6.51. The van der Waals surface area contributed by atoms with E-state index in [1.54, 1.807) is 0 Å². The SMILES string of the molecule is CCC(=O)c1sc(NC(C)CCCN(CC)CC)cc1N. The average Bonchev–Trinajstić information content (AvgIpc) is 2.83. The molecule has 0 fully saturated rings. The summed E-state index contributed by atoms with van der Waals surface area (Å²) in [4.78, 5) is 14.9. The second-order valence-electron chi connectivity index (χ2n) is 5.39. The van der Waals surface area contributed by atoms with Gasteiger partial charge >= 0.3 is 0 Å². The van der Waals surface area contributed by atoms with Gasteiger partial charge in [-0.3, -0.25) is 4.79 Å². The van der Waals surface area contributed by atoms with Crippen LogP contribution in [0.3, 0.4) is 0 Å². The lowest BCUT2D eigenvalue weighted by Gasteiger charge is -2.19. The van der Waals surface area contributed by atoms with Crippen LogP contribution in [-0.4, -0.2) is 36.4 Å². The Balaban J connectivity index is 2.44. The van der Waals surface area contributed by atoms with Crippen LogP contribution in [0.2, 0.25) is 0 Å². The number of nitrogen functional groups attached to an aromatic ring is 1. The summed E-state index contributed by atoms with van der Waals surface area (Å²) in [6.45, 7) is 11.8. The van der Waals surface area contributed by atoms with Crippen molar-refractivity contribution in [1.82, 2.24) is 4.90 Å². The first-order chi connectivity index (χ1) is 10.0. The fourth-order valence-electron chi connectivity index (χ4n) is 2.33. The summed E-state index contributed by atoms with van der Waals surface area (Å²) in [6, 6.07) is 2.28. The molecule has 0 aliphatic rings. The van der Waals surface area contributed by atoms with Crippen molar-refractivity contribution in [1.29, 1.82) is 0 Å². The molecular formula is C16H29N3OS. The second-order valence-corrected chi connectivity index (χ2v) is 6.44. The number of nitrogens with two attached hydrogens (primary N) is 1. The van der Waals surface area contributed by atoms with Crippen LogP contribution >= 0.6 is 11.3 Å². The molecular weight excluding hydrogens is 282 g/mol. The highest BCUT2D eigenvalue weighted by molar-refractivity contribution is 7.18. The maximum Gasteiger partial charge on any atom is 0.174 e. The average molecular weight is 311 g/mol. The Labute approximate surface area is 132 Å². The van der Waals surface area contributed by atoms with Crippen molar-refractivity contribution in [3.63, 3.8) is 0 Å². The second kappa shape index (κ2) is 9.05. The number of Topliss-reactive ketones (excluding diaryl/α,β-unsaturated/α-hetero) is 1. The molecule has 0 aliphatic carbocycles. The highest BCUT2D eigenvalue weighted by Crippen LogP contribution is 2.30. The molecule has 0 bridgehead atoms. The maximum absolute atomic E-state index is 11.7. The van der Waals surface area contributed by atoms with Gasteiger partial charge in [0.25, 0.3) is 0 Å². The van der Waals surface area contributed by atoms with Gasteiger partial charge in [0, 0.05) is 12.5 Å². The normalized spacial score (nSPS) is 12.6. The molecule has 0 aromatic carbocycles. The smallest absolute Gasteiger partial charge is 0.174 e. The fraction of sp³-hybridized carbons (Fsp3) is 0.688. The molecule has 1 aromatic rings. The van der Waals surface area contributed by atoms with E-state index in [4.69, 9.17) is 5.73 Å². The van der Waals surface area contributed by atoms with Crippen LogP contribution in [0.1, 0.15) is 56.6 Å². The van der Waals surface area contributed by atoms with Gasteiger partial charge in [-0.15, -0.1) is 11.3 Å². The van der Waals surface area contributed by atoms with Gasteiger partial charge < -0.3 is 16.0 Å². The van der Waals surface area contributed by atoms with Crippen molar-refractivity contribution in [3.05, 3.63) is 10.9 Å². The molecule has 21 heavy (non-hydrogen) atoms. The standard InChI is InChI=1S/C16H29N3OS/c1-5-14(20)16-13(17)11-15(21-16)18-12(4)9-8-10-19(6-2)7-3/h11-12,18H,5-10,17H2,1-4H3. The quantitative estimate of drug-likeness (QED) is 0.644. The Kier molecular flexibility index (Phi) is 7.75. The minimum atomic E-state index is 0.125. The topological polar surface area (TPSA) is 58.4 Å².